The van der Waals surface area contributed by atoms with E-state index < -0.39 is 0 Å². The number of nitrogens with zero attached hydrogens (tertiary/aromatic N) is 1. The molecular formula is C25H23N. The van der Waals surface area contributed by atoms with Crippen LogP contribution < -0.4 is 0 Å². The van der Waals surface area contributed by atoms with E-state index in [1.807, 2.05) is 0 Å². The van der Waals surface area contributed by atoms with Crippen LogP contribution in [0.5, 0.6) is 0 Å². The summed E-state index contributed by atoms with van der Waals surface area (Å²) in [6.07, 6.45) is 4.46. The van der Waals surface area contributed by atoms with Crippen molar-refractivity contribution in [1.82, 2.24) is 4.90 Å². The first-order chi connectivity index (χ1) is 12.8. The van der Waals surface area contributed by atoms with Crippen molar-refractivity contribution < 1.29 is 0 Å². The SMILES string of the molecule is CN(C/C=C/c1ccc2ccccc2c1)Cc1cccc2ccccc12. The summed E-state index contributed by atoms with van der Waals surface area (Å²) in [6, 6.07) is 30.3. The van der Waals surface area contributed by atoms with Gasteiger partial charge < -0.3 is 0 Å². The van der Waals surface area contributed by atoms with Gasteiger partial charge in [-0.15, -0.1) is 0 Å². The summed E-state index contributed by atoms with van der Waals surface area (Å²) in [5.74, 6) is 0. The van der Waals surface area contributed by atoms with Crippen LogP contribution in [-0.2, 0) is 6.54 Å². The third-order valence-corrected chi connectivity index (χ3v) is 4.82. The van der Waals surface area contributed by atoms with E-state index in [4.69, 9.17) is 0 Å². The molecule has 0 aliphatic heterocycles. The molecule has 0 aliphatic rings. The lowest BCUT2D eigenvalue weighted by Crippen LogP contribution is -2.17. The Labute approximate surface area is 155 Å². The maximum Gasteiger partial charge on any atom is 0.0240 e. The zero-order chi connectivity index (χ0) is 17.8. The molecule has 4 aromatic rings. The van der Waals surface area contributed by atoms with Gasteiger partial charge in [-0.1, -0.05) is 91.0 Å². The molecular weight excluding hydrogens is 314 g/mol. The average Bonchev–Trinajstić information content (AvgIpc) is 2.68. The Morgan fingerprint density at radius 3 is 2.35 bits per heavy atom. The molecule has 128 valence electrons. The van der Waals surface area contributed by atoms with Crippen molar-refractivity contribution in [2.24, 2.45) is 0 Å². The van der Waals surface area contributed by atoms with E-state index in [1.54, 1.807) is 0 Å². The fourth-order valence-corrected chi connectivity index (χ4v) is 3.47. The molecule has 0 bridgehead atoms. The fraction of sp³-hybridized carbons (Fsp3) is 0.120. The summed E-state index contributed by atoms with van der Waals surface area (Å²) in [6.45, 7) is 1.87. The quantitative estimate of drug-likeness (QED) is 0.423. The zero-order valence-electron chi connectivity index (χ0n) is 15.1. The van der Waals surface area contributed by atoms with E-state index in [-0.39, 0.29) is 0 Å². The Hall–Kier alpha value is -2.90. The third-order valence-electron chi connectivity index (χ3n) is 4.82. The Morgan fingerprint density at radius 1 is 0.731 bits per heavy atom. The molecule has 1 nitrogen and oxygen atoms in total. The van der Waals surface area contributed by atoms with Crippen LogP contribution in [0.15, 0.2) is 91.0 Å². The minimum absolute atomic E-state index is 0.927. The Kier molecular flexibility index (Phi) is 4.81. The highest BCUT2D eigenvalue weighted by Gasteiger charge is 2.03. The van der Waals surface area contributed by atoms with Crippen LogP contribution >= 0.6 is 0 Å². The van der Waals surface area contributed by atoms with Gasteiger partial charge in [0.1, 0.15) is 0 Å². The molecule has 0 fully saturated rings. The molecule has 0 saturated heterocycles. The molecule has 0 radical (unpaired) electrons. The van der Waals surface area contributed by atoms with Gasteiger partial charge in [0.05, 0.1) is 0 Å². The highest BCUT2D eigenvalue weighted by molar-refractivity contribution is 5.86. The Bertz CT molecular complexity index is 1060. The molecule has 0 N–H and O–H groups in total. The van der Waals surface area contributed by atoms with E-state index in [9.17, 15) is 0 Å². The van der Waals surface area contributed by atoms with E-state index in [1.165, 1.54) is 32.7 Å². The standard InChI is InChI=1S/C25H23N/c1-26(19-24-13-6-12-22-10-4-5-14-25(22)24)17-7-8-20-15-16-21-9-2-3-11-23(21)18-20/h2-16,18H,17,19H2,1H3/b8-7+. The van der Waals surface area contributed by atoms with Crippen LogP contribution in [0.3, 0.4) is 0 Å². The lowest BCUT2D eigenvalue weighted by atomic mass is 10.0. The van der Waals surface area contributed by atoms with Crippen molar-refractivity contribution in [3.05, 3.63) is 102 Å². The van der Waals surface area contributed by atoms with Crippen LogP contribution in [-0.4, -0.2) is 18.5 Å². The topological polar surface area (TPSA) is 3.24 Å². The minimum atomic E-state index is 0.927. The van der Waals surface area contributed by atoms with Gasteiger partial charge in [-0.05, 0) is 45.8 Å². The van der Waals surface area contributed by atoms with Gasteiger partial charge in [0.15, 0.2) is 0 Å². The highest BCUT2D eigenvalue weighted by atomic mass is 15.1. The lowest BCUT2D eigenvalue weighted by molar-refractivity contribution is 0.365. The molecule has 0 unspecified atom stereocenters. The molecule has 26 heavy (non-hydrogen) atoms. The van der Waals surface area contributed by atoms with Crippen LogP contribution in [0.1, 0.15) is 11.1 Å². The second kappa shape index (κ2) is 7.55. The van der Waals surface area contributed by atoms with Crippen molar-refractivity contribution in [3.8, 4) is 0 Å². The summed E-state index contributed by atoms with van der Waals surface area (Å²) in [7, 11) is 2.17. The van der Waals surface area contributed by atoms with Gasteiger partial charge >= 0.3 is 0 Å². The van der Waals surface area contributed by atoms with E-state index >= 15 is 0 Å². The van der Waals surface area contributed by atoms with Crippen molar-refractivity contribution in [1.29, 1.82) is 0 Å². The molecule has 4 rings (SSSR count). The van der Waals surface area contributed by atoms with Gasteiger partial charge in [0, 0.05) is 13.1 Å². The zero-order valence-corrected chi connectivity index (χ0v) is 15.1. The average molecular weight is 337 g/mol. The van der Waals surface area contributed by atoms with E-state index in [0.717, 1.165) is 13.1 Å². The Morgan fingerprint density at radius 2 is 1.46 bits per heavy atom. The van der Waals surface area contributed by atoms with Crippen molar-refractivity contribution in [3.63, 3.8) is 0 Å². The first-order valence-corrected chi connectivity index (χ1v) is 9.10. The van der Waals surface area contributed by atoms with Crippen molar-refractivity contribution >= 4 is 27.6 Å². The van der Waals surface area contributed by atoms with E-state index in [0.29, 0.717) is 0 Å². The van der Waals surface area contributed by atoms with Gasteiger partial charge in [0.2, 0.25) is 0 Å². The molecule has 0 amide bonds. The normalized spacial score (nSPS) is 11.8. The van der Waals surface area contributed by atoms with Gasteiger partial charge in [0.25, 0.3) is 0 Å². The van der Waals surface area contributed by atoms with Crippen LogP contribution in [0.2, 0.25) is 0 Å². The molecule has 4 aromatic carbocycles. The molecule has 0 aliphatic carbocycles. The van der Waals surface area contributed by atoms with Crippen molar-refractivity contribution in [2.45, 2.75) is 6.54 Å². The molecule has 0 heterocycles. The molecule has 0 spiro atoms. The van der Waals surface area contributed by atoms with Gasteiger partial charge in [-0.2, -0.15) is 0 Å². The largest absolute Gasteiger partial charge is 0.298 e. The van der Waals surface area contributed by atoms with Crippen LogP contribution in [0.25, 0.3) is 27.6 Å². The summed E-state index contributed by atoms with van der Waals surface area (Å²) < 4.78 is 0. The maximum atomic E-state index is 2.35. The number of hydrogen-bond acceptors (Lipinski definition) is 1. The summed E-state index contributed by atoms with van der Waals surface area (Å²) in [5.41, 5.74) is 2.63. The van der Waals surface area contributed by atoms with Crippen LogP contribution in [0, 0.1) is 0 Å². The molecule has 0 saturated carbocycles. The number of hydrogen-bond donors (Lipinski definition) is 0. The molecule has 1 heteroatoms. The van der Waals surface area contributed by atoms with E-state index in [2.05, 4.69) is 109 Å². The number of likely N-dealkylation sites (N-methyl/N-ethyl adjacent to an activating group) is 1. The minimum Gasteiger partial charge on any atom is -0.298 e. The number of rotatable bonds is 5. The van der Waals surface area contributed by atoms with Crippen LogP contribution in [0.4, 0.5) is 0 Å². The maximum absolute atomic E-state index is 2.35. The highest BCUT2D eigenvalue weighted by Crippen LogP contribution is 2.20. The van der Waals surface area contributed by atoms with Crippen molar-refractivity contribution in [2.75, 3.05) is 13.6 Å². The third kappa shape index (κ3) is 3.68. The lowest BCUT2D eigenvalue weighted by Gasteiger charge is -2.16. The second-order valence-corrected chi connectivity index (χ2v) is 6.84. The first kappa shape index (κ1) is 16.6. The summed E-state index contributed by atoms with van der Waals surface area (Å²) in [5, 5.41) is 5.24. The van der Waals surface area contributed by atoms with Gasteiger partial charge in [-0.3, -0.25) is 4.90 Å². The second-order valence-electron chi connectivity index (χ2n) is 6.84. The Balaban J connectivity index is 1.44. The smallest absolute Gasteiger partial charge is 0.0240 e. The van der Waals surface area contributed by atoms with Gasteiger partial charge in [-0.25, -0.2) is 0 Å². The monoisotopic (exact) mass is 337 g/mol. The number of benzene rings is 4. The fourth-order valence-electron chi connectivity index (χ4n) is 3.47. The molecule has 0 atom stereocenters. The summed E-state index contributed by atoms with van der Waals surface area (Å²) in [4.78, 5) is 2.35. The first-order valence-electron chi connectivity index (χ1n) is 9.10. The predicted octanol–water partition coefficient (Wildman–Crippen LogP) is 6.14. The predicted molar refractivity (Wildman–Crippen MR) is 113 cm³/mol. The summed E-state index contributed by atoms with van der Waals surface area (Å²) >= 11 is 0. The molecule has 0 aromatic heterocycles. The number of fused-ring (bicyclic) bond motifs is 2.